The van der Waals surface area contributed by atoms with Crippen LogP contribution in [0.2, 0.25) is 10.0 Å². The Balaban J connectivity index is 1.56. The van der Waals surface area contributed by atoms with Crippen molar-refractivity contribution in [3.05, 3.63) is 46.4 Å². The molecule has 0 bridgehead atoms. The highest BCUT2D eigenvalue weighted by atomic mass is 35.5. The Hall–Kier alpha value is -1.30. The van der Waals surface area contributed by atoms with Crippen LogP contribution in [0, 0.1) is 0 Å². The quantitative estimate of drug-likeness (QED) is 0.659. The van der Waals surface area contributed by atoms with Crippen molar-refractivity contribution >= 4 is 45.0 Å². The summed E-state index contributed by atoms with van der Waals surface area (Å²) in [5.74, 6) is 0. The van der Waals surface area contributed by atoms with Crippen LogP contribution in [0.25, 0.3) is 21.8 Å². The van der Waals surface area contributed by atoms with Gasteiger partial charge in [-0.15, -0.1) is 0 Å². The van der Waals surface area contributed by atoms with Gasteiger partial charge in [0, 0.05) is 51.5 Å². The maximum atomic E-state index is 10.5. The van der Waals surface area contributed by atoms with Crippen LogP contribution < -0.4 is 5.32 Å². The van der Waals surface area contributed by atoms with Crippen LogP contribution in [-0.2, 0) is 11.3 Å². The fourth-order valence-electron chi connectivity index (χ4n) is 3.74. The van der Waals surface area contributed by atoms with E-state index in [2.05, 4.69) is 9.88 Å². The second-order valence-electron chi connectivity index (χ2n) is 6.88. The minimum absolute atomic E-state index is 0.278. The lowest BCUT2D eigenvalue weighted by Gasteiger charge is -2.16. The van der Waals surface area contributed by atoms with E-state index in [0.717, 1.165) is 47.8 Å². The summed E-state index contributed by atoms with van der Waals surface area (Å²) in [5.41, 5.74) is 2.09. The fourth-order valence-corrected chi connectivity index (χ4v) is 4.08. The predicted molar refractivity (Wildman–Crippen MR) is 107 cm³/mol. The Kier molecular flexibility index (Phi) is 5.39. The van der Waals surface area contributed by atoms with Gasteiger partial charge in [-0.25, -0.2) is 0 Å². The highest BCUT2D eigenvalue weighted by Gasteiger charge is 2.17. The van der Waals surface area contributed by atoms with E-state index in [9.17, 15) is 5.11 Å². The van der Waals surface area contributed by atoms with Gasteiger partial charge in [-0.1, -0.05) is 23.2 Å². The molecular weight excluding hydrogens is 371 g/mol. The first-order valence-corrected chi connectivity index (χ1v) is 9.75. The van der Waals surface area contributed by atoms with Crippen molar-refractivity contribution in [3.8, 4) is 0 Å². The van der Waals surface area contributed by atoms with Gasteiger partial charge in [0.25, 0.3) is 0 Å². The van der Waals surface area contributed by atoms with Gasteiger partial charge in [0.05, 0.1) is 18.8 Å². The van der Waals surface area contributed by atoms with E-state index in [1.807, 2.05) is 36.4 Å². The molecule has 2 aromatic carbocycles. The Bertz CT molecular complexity index is 860. The number of aliphatic hydroxyl groups excluding tert-OH is 1. The summed E-state index contributed by atoms with van der Waals surface area (Å²) in [4.78, 5) is 0. The van der Waals surface area contributed by atoms with Gasteiger partial charge >= 0.3 is 0 Å². The van der Waals surface area contributed by atoms with Crippen LogP contribution in [0.3, 0.4) is 0 Å². The second-order valence-corrected chi connectivity index (χ2v) is 7.75. The molecule has 4 nitrogen and oxygen atoms in total. The molecule has 0 unspecified atom stereocenters. The summed E-state index contributed by atoms with van der Waals surface area (Å²) >= 11 is 12.4. The third kappa shape index (κ3) is 3.71. The Morgan fingerprint density at radius 2 is 1.77 bits per heavy atom. The molecule has 0 amide bonds. The van der Waals surface area contributed by atoms with Gasteiger partial charge in [0.1, 0.15) is 0 Å². The zero-order valence-corrected chi connectivity index (χ0v) is 15.9. The number of hydrogen-bond acceptors (Lipinski definition) is 3. The zero-order valence-electron chi connectivity index (χ0n) is 14.4. The SMILES string of the molecule is O[C@@H](CNC[C@H]1CCCO1)Cn1c2ccc(Cl)cc2c2cc(Cl)ccc21. The molecule has 1 fully saturated rings. The molecule has 0 spiro atoms. The number of rotatable bonds is 6. The Labute approximate surface area is 162 Å². The summed E-state index contributed by atoms with van der Waals surface area (Å²) in [6.07, 6.45) is 2.00. The third-order valence-electron chi connectivity index (χ3n) is 4.96. The van der Waals surface area contributed by atoms with Gasteiger partial charge in [-0.05, 0) is 49.2 Å². The van der Waals surface area contributed by atoms with Crippen molar-refractivity contribution in [1.29, 1.82) is 0 Å². The summed E-state index contributed by atoms with van der Waals surface area (Å²) in [6, 6.07) is 11.7. The lowest BCUT2D eigenvalue weighted by Crippen LogP contribution is -2.34. The number of halogens is 2. The average Bonchev–Trinajstić information content (AvgIpc) is 3.22. The number of aromatic nitrogens is 1. The molecular formula is C20H22Cl2N2O2. The number of fused-ring (bicyclic) bond motifs is 3. The molecule has 1 aliphatic heterocycles. The fraction of sp³-hybridized carbons (Fsp3) is 0.400. The van der Waals surface area contributed by atoms with Gasteiger partial charge in [0.15, 0.2) is 0 Å². The maximum Gasteiger partial charge on any atom is 0.0843 e. The van der Waals surface area contributed by atoms with E-state index in [-0.39, 0.29) is 6.10 Å². The molecule has 6 heteroatoms. The van der Waals surface area contributed by atoms with Gasteiger partial charge < -0.3 is 19.7 Å². The van der Waals surface area contributed by atoms with Crippen LogP contribution in [0.15, 0.2) is 36.4 Å². The summed E-state index contributed by atoms with van der Waals surface area (Å²) in [7, 11) is 0. The highest BCUT2D eigenvalue weighted by Crippen LogP contribution is 2.33. The van der Waals surface area contributed by atoms with Gasteiger partial charge in [-0.2, -0.15) is 0 Å². The maximum absolute atomic E-state index is 10.5. The van der Waals surface area contributed by atoms with Crippen LogP contribution in [0.4, 0.5) is 0 Å². The van der Waals surface area contributed by atoms with Crippen molar-refractivity contribution in [2.45, 2.75) is 31.6 Å². The lowest BCUT2D eigenvalue weighted by molar-refractivity contribution is 0.101. The predicted octanol–water partition coefficient (Wildman–Crippen LogP) is 4.23. The molecule has 1 aromatic heterocycles. The molecule has 138 valence electrons. The van der Waals surface area contributed by atoms with Crippen LogP contribution >= 0.6 is 23.2 Å². The van der Waals surface area contributed by atoms with Crippen molar-refractivity contribution in [1.82, 2.24) is 9.88 Å². The largest absolute Gasteiger partial charge is 0.390 e. The van der Waals surface area contributed by atoms with E-state index in [1.54, 1.807) is 0 Å². The molecule has 2 heterocycles. The number of benzene rings is 2. The Morgan fingerprint density at radius 1 is 1.12 bits per heavy atom. The first kappa shape index (κ1) is 18.1. The monoisotopic (exact) mass is 392 g/mol. The van der Waals surface area contributed by atoms with Gasteiger partial charge in [0.2, 0.25) is 0 Å². The van der Waals surface area contributed by atoms with E-state index in [0.29, 0.717) is 23.1 Å². The summed E-state index contributed by atoms with van der Waals surface area (Å²) in [5, 5.41) is 17.4. The standard InChI is InChI=1S/C20H22Cl2N2O2/c21-13-3-5-19-17(8-13)18-9-14(22)4-6-20(18)24(19)12-15(25)10-23-11-16-2-1-7-26-16/h3-6,8-9,15-16,23,25H,1-2,7,10-12H2/t15-,16+/m0/s1. The summed E-state index contributed by atoms with van der Waals surface area (Å²) in [6.45, 7) is 2.67. The topological polar surface area (TPSA) is 46.4 Å². The highest BCUT2D eigenvalue weighted by molar-refractivity contribution is 6.33. The van der Waals surface area contributed by atoms with Gasteiger partial charge in [-0.3, -0.25) is 0 Å². The average molecular weight is 393 g/mol. The molecule has 0 saturated carbocycles. The molecule has 0 aliphatic carbocycles. The molecule has 2 atom stereocenters. The number of hydrogen-bond donors (Lipinski definition) is 2. The van der Waals surface area contributed by atoms with Crippen LogP contribution in [0.5, 0.6) is 0 Å². The van der Waals surface area contributed by atoms with Crippen molar-refractivity contribution in [2.75, 3.05) is 19.7 Å². The molecule has 3 aromatic rings. The van der Waals surface area contributed by atoms with E-state index < -0.39 is 6.10 Å². The molecule has 1 aliphatic rings. The van der Waals surface area contributed by atoms with Crippen molar-refractivity contribution < 1.29 is 9.84 Å². The number of aliphatic hydroxyl groups is 1. The van der Waals surface area contributed by atoms with E-state index >= 15 is 0 Å². The second kappa shape index (κ2) is 7.75. The smallest absolute Gasteiger partial charge is 0.0843 e. The first-order valence-electron chi connectivity index (χ1n) is 8.99. The minimum Gasteiger partial charge on any atom is -0.390 e. The number of nitrogens with one attached hydrogen (secondary N) is 1. The normalized spacial score (nSPS) is 18.8. The van der Waals surface area contributed by atoms with E-state index in [1.165, 1.54) is 0 Å². The third-order valence-corrected chi connectivity index (χ3v) is 5.43. The lowest BCUT2D eigenvalue weighted by atomic mass is 10.1. The van der Waals surface area contributed by atoms with E-state index in [4.69, 9.17) is 27.9 Å². The molecule has 2 N–H and O–H groups in total. The summed E-state index contributed by atoms with van der Waals surface area (Å²) < 4.78 is 7.74. The van der Waals surface area contributed by atoms with Crippen molar-refractivity contribution in [2.24, 2.45) is 0 Å². The molecule has 26 heavy (non-hydrogen) atoms. The Morgan fingerprint density at radius 3 is 2.35 bits per heavy atom. The number of nitrogens with zero attached hydrogens (tertiary/aromatic N) is 1. The minimum atomic E-state index is -0.499. The first-order chi connectivity index (χ1) is 12.6. The van der Waals surface area contributed by atoms with Crippen molar-refractivity contribution in [3.63, 3.8) is 0 Å². The van der Waals surface area contributed by atoms with Crippen LogP contribution in [-0.4, -0.2) is 41.6 Å². The molecule has 4 rings (SSSR count). The number of ether oxygens (including phenoxy) is 1. The molecule has 0 radical (unpaired) electrons. The zero-order chi connectivity index (χ0) is 18.1. The molecule has 1 saturated heterocycles. The van der Waals surface area contributed by atoms with Crippen LogP contribution in [0.1, 0.15) is 12.8 Å².